The van der Waals surface area contributed by atoms with E-state index in [0.29, 0.717) is 54.5 Å². The van der Waals surface area contributed by atoms with Gasteiger partial charge in [0.15, 0.2) is 5.65 Å². The number of carbonyl (C=O) groups is 1. The van der Waals surface area contributed by atoms with Crippen molar-refractivity contribution in [3.8, 4) is 11.1 Å². The van der Waals surface area contributed by atoms with Gasteiger partial charge in [0.2, 0.25) is 15.9 Å². The number of hydrogen-bond donors (Lipinski definition) is 2. The molecule has 9 nitrogen and oxygen atoms in total. The lowest BCUT2D eigenvalue weighted by molar-refractivity contribution is -0.124. The second kappa shape index (κ2) is 8.81. The number of pyridine rings is 1. The third-order valence-electron chi connectivity index (χ3n) is 7.24. The van der Waals surface area contributed by atoms with Gasteiger partial charge in [-0.05, 0) is 66.6 Å². The number of benzene rings is 1. The quantitative estimate of drug-likeness (QED) is 0.369. The number of fused-ring (bicyclic) bond motifs is 2. The minimum absolute atomic E-state index is 0.0910. The van der Waals surface area contributed by atoms with E-state index in [1.54, 1.807) is 10.7 Å². The maximum absolute atomic E-state index is 12.6. The van der Waals surface area contributed by atoms with Gasteiger partial charge in [-0.1, -0.05) is 18.2 Å². The molecule has 36 heavy (non-hydrogen) atoms. The second-order valence-corrected chi connectivity index (χ2v) is 12.4. The van der Waals surface area contributed by atoms with Gasteiger partial charge in [-0.15, -0.1) is 0 Å². The molecule has 0 radical (unpaired) electrons. The Labute approximate surface area is 216 Å². The Balaban J connectivity index is 1.27. The smallest absolute Gasteiger partial charge is 0.237 e. The summed E-state index contributed by atoms with van der Waals surface area (Å²) in [5.74, 6) is -0.147. The number of nitrogens with one attached hydrogen (secondary N) is 1. The zero-order chi connectivity index (χ0) is 25.0. The van der Waals surface area contributed by atoms with Gasteiger partial charge in [-0.25, -0.2) is 13.4 Å². The van der Waals surface area contributed by atoms with E-state index in [-0.39, 0.29) is 17.7 Å². The Kier molecular flexibility index (Phi) is 5.71. The SMILES string of the molecule is Nc1c(Br)c(C2CCC(C(=O)NS(=O)(=O)C3CC3)CC2)nc2c(-c3cnc4ccccc4c3)cnn12. The molecule has 186 valence electrons. The molecule has 4 aromatic rings. The van der Waals surface area contributed by atoms with Gasteiger partial charge in [0.25, 0.3) is 0 Å². The Bertz CT molecular complexity index is 1610. The van der Waals surface area contributed by atoms with Crippen molar-refractivity contribution in [2.24, 2.45) is 5.92 Å². The lowest BCUT2D eigenvalue weighted by atomic mass is 9.80. The van der Waals surface area contributed by atoms with Crippen molar-refractivity contribution in [1.29, 1.82) is 0 Å². The molecule has 0 bridgehead atoms. The van der Waals surface area contributed by atoms with E-state index in [9.17, 15) is 13.2 Å². The molecule has 0 atom stereocenters. The molecule has 11 heteroatoms. The van der Waals surface area contributed by atoms with Crippen molar-refractivity contribution in [2.45, 2.75) is 49.7 Å². The number of rotatable bonds is 5. The van der Waals surface area contributed by atoms with E-state index in [1.165, 1.54) is 0 Å². The third-order valence-corrected chi connectivity index (χ3v) is 9.89. The standard InChI is InChI=1S/C25H25BrN6O3S/c26-21-22(14-5-7-15(8-6-14)25(33)31-36(34,35)18-9-10-18)30-24-19(13-29-32(24)23(21)27)17-11-16-3-1-2-4-20(16)28-12-17/h1-4,11-15,18H,5-10,27H2,(H,31,33). The van der Waals surface area contributed by atoms with Crippen molar-refractivity contribution >= 4 is 54.2 Å². The van der Waals surface area contributed by atoms with E-state index in [0.717, 1.165) is 27.7 Å². The first-order valence-electron chi connectivity index (χ1n) is 12.0. The second-order valence-electron chi connectivity index (χ2n) is 9.67. The molecule has 0 aliphatic heterocycles. The summed E-state index contributed by atoms with van der Waals surface area (Å²) in [5.41, 5.74) is 10.6. The first-order chi connectivity index (χ1) is 17.3. The summed E-state index contributed by atoms with van der Waals surface area (Å²) in [4.78, 5) is 22.2. The van der Waals surface area contributed by atoms with Crippen LogP contribution in [0, 0.1) is 5.92 Å². The number of carbonyl (C=O) groups excluding carboxylic acids is 1. The van der Waals surface area contributed by atoms with Crippen LogP contribution in [0.5, 0.6) is 0 Å². The van der Waals surface area contributed by atoms with Crippen molar-refractivity contribution in [3.63, 3.8) is 0 Å². The highest BCUT2D eigenvalue weighted by molar-refractivity contribution is 9.10. The fourth-order valence-electron chi connectivity index (χ4n) is 5.02. The van der Waals surface area contributed by atoms with E-state index in [4.69, 9.17) is 10.7 Å². The maximum atomic E-state index is 12.6. The van der Waals surface area contributed by atoms with Crippen LogP contribution < -0.4 is 10.5 Å². The van der Waals surface area contributed by atoms with Gasteiger partial charge in [0.05, 0.1) is 27.1 Å². The summed E-state index contributed by atoms with van der Waals surface area (Å²) in [7, 11) is -3.53. The molecule has 0 unspecified atom stereocenters. The Morgan fingerprint density at radius 2 is 1.83 bits per heavy atom. The average molecular weight is 569 g/mol. The van der Waals surface area contributed by atoms with Gasteiger partial charge >= 0.3 is 0 Å². The highest BCUT2D eigenvalue weighted by atomic mass is 79.9. The van der Waals surface area contributed by atoms with Crippen LogP contribution >= 0.6 is 15.9 Å². The normalized spacial score (nSPS) is 20.6. The van der Waals surface area contributed by atoms with Crippen LogP contribution in [0.3, 0.4) is 0 Å². The number of anilines is 1. The monoisotopic (exact) mass is 568 g/mol. The number of para-hydroxylation sites is 1. The van der Waals surface area contributed by atoms with Gasteiger partial charge in [-0.3, -0.25) is 14.5 Å². The van der Waals surface area contributed by atoms with Crippen LogP contribution in [0.1, 0.15) is 50.1 Å². The Morgan fingerprint density at radius 1 is 1.08 bits per heavy atom. The highest BCUT2D eigenvalue weighted by Crippen LogP contribution is 2.41. The van der Waals surface area contributed by atoms with Gasteiger partial charge in [-0.2, -0.15) is 9.61 Å². The average Bonchev–Trinajstić information content (AvgIpc) is 3.67. The molecule has 2 saturated carbocycles. The van der Waals surface area contributed by atoms with Gasteiger partial charge in [0, 0.05) is 34.5 Å². The lowest BCUT2D eigenvalue weighted by Crippen LogP contribution is -2.38. The number of amides is 1. The molecule has 2 aliphatic rings. The molecule has 1 amide bonds. The predicted octanol–water partition coefficient (Wildman–Crippen LogP) is 4.17. The summed E-state index contributed by atoms with van der Waals surface area (Å²) in [6, 6.07) is 10.00. The molecular weight excluding hydrogens is 544 g/mol. The number of sulfonamides is 1. The first-order valence-corrected chi connectivity index (χ1v) is 14.4. The minimum atomic E-state index is -3.53. The summed E-state index contributed by atoms with van der Waals surface area (Å²) < 4.78 is 28.9. The Morgan fingerprint density at radius 3 is 2.58 bits per heavy atom. The predicted molar refractivity (Wildman–Crippen MR) is 141 cm³/mol. The van der Waals surface area contributed by atoms with Crippen LogP contribution in [0.2, 0.25) is 0 Å². The molecule has 3 N–H and O–H groups in total. The minimum Gasteiger partial charge on any atom is -0.383 e. The molecule has 2 aliphatic carbocycles. The van der Waals surface area contributed by atoms with E-state index < -0.39 is 15.3 Å². The zero-order valence-corrected chi connectivity index (χ0v) is 21.8. The maximum Gasteiger partial charge on any atom is 0.237 e. The molecular formula is C25H25BrN6O3S. The number of aromatic nitrogens is 4. The summed E-state index contributed by atoms with van der Waals surface area (Å²) in [6.07, 6.45) is 7.44. The molecule has 1 aromatic carbocycles. The van der Waals surface area contributed by atoms with E-state index >= 15 is 0 Å². The summed E-state index contributed by atoms with van der Waals surface area (Å²) in [6.45, 7) is 0. The number of nitrogens with two attached hydrogens (primary N) is 1. The number of nitrogen functional groups attached to an aromatic ring is 1. The van der Waals surface area contributed by atoms with Crippen LogP contribution in [0.25, 0.3) is 27.7 Å². The van der Waals surface area contributed by atoms with Crippen LogP contribution in [-0.2, 0) is 14.8 Å². The van der Waals surface area contributed by atoms with Crippen LogP contribution in [0.4, 0.5) is 5.82 Å². The molecule has 3 aromatic heterocycles. The van der Waals surface area contributed by atoms with Crippen LogP contribution in [-0.4, -0.2) is 39.2 Å². The third kappa shape index (κ3) is 4.13. The van der Waals surface area contributed by atoms with Gasteiger partial charge in [0.1, 0.15) is 5.82 Å². The number of halogens is 1. The lowest BCUT2D eigenvalue weighted by Gasteiger charge is -2.28. The number of nitrogens with zero attached hydrogens (tertiary/aromatic N) is 4. The van der Waals surface area contributed by atoms with Crippen molar-refractivity contribution < 1.29 is 13.2 Å². The zero-order valence-electron chi connectivity index (χ0n) is 19.4. The fraction of sp³-hybridized carbons (Fsp3) is 0.360. The number of hydrogen-bond acceptors (Lipinski definition) is 7. The topological polar surface area (TPSA) is 132 Å². The molecule has 6 rings (SSSR count). The first kappa shape index (κ1) is 23.4. The fourth-order valence-corrected chi connectivity index (χ4v) is 6.97. The van der Waals surface area contributed by atoms with Crippen molar-refractivity contribution in [3.05, 3.63) is 52.9 Å². The van der Waals surface area contributed by atoms with E-state index in [2.05, 4.69) is 36.8 Å². The van der Waals surface area contributed by atoms with E-state index in [1.807, 2.05) is 30.5 Å². The van der Waals surface area contributed by atoms with Crippen LogP contribution in [0.15, 0.2) is 47.2 Å². The molecule has 0 saturated heterocycles. The highest BCUT2D eigenvalue weighted by Gasteiger charge is 2.39. The van der Waals surface area contributed by atoms with Gasteiger partial charge < -0.3 is 5.73 Å². The largest absolute Gasteiger partial charge is 0.383 e. The Hall–Kier alpha value is -3.05. The molecule has 2 fully saturated rings. The summed E-state index contributed by atoms with van der Waals surface area (Å²) in [5, 5.41) is 5.09. The van der Waals surface area contributed by atoms with Crippen molar-refractivity contribution in [1.82, 2.24) is 24.3 Å². The summed E-state index contributed by atoms with van der Waals surface area (Å²) >= 11 is 3.62. The van der Waals surface area contributed by atoms with Crippen molar-refractivity contribution in [2.75, 3.05) is 5.73 Å². The molecule has 3 heterocycles. The molecule has 0 spiro atoms.